The molecule has 0 aliphatic rings. The van der Waals surface area contributed by atoms with Crippen LogP contribution in [0.5, 0.6) is 0 Å². The normalized spacial score (nSPS) is 10.2. The number of hydrogen-bond donors (Lipinski definition) is 1. The van der Waals surface area contributed by atoms with Gasteiger partial charge in [-0.05, 0) is 24.3 Å². The van der Waals surface area contributed by atoms with Crippen molar-refractivity contribution in [3.63, 3.8) is 0 Å². The highest BCUT2D eigenvalue weighted by molar-refractivity contribution is 6.34. The summed E-state index contributed by atoms with van der Waals surface area (Å²) in [5.74, 6) is 5.41. The number of nitrogens with two attached hydrogens (primary N) is 1. The van der Waals surface area contributed by atoms with E-state index in [-0.39, 0.29) is 5.78 Å². The molecule has 3 nitrogen and oxygen atoms in total. The summed E-state index contributed by atoms with van der Waals surface area (Å²) in [5.41, 5.74) is 0.882. The van der Waals surface area contributed by atoms with Crippen molar-refractivity contribution in [2.45, 2.75) is 0 Å². The standard InChI is InChI=1S/C11H9ClN2O/c12-9-5-2-1-4-8(9)11(15)10-6-3-7-14(10)13/h1-7H,13H2. The topological polar surface area (TPSA) is 48.0 Å². The first-order valence-corrected chi connectivity index (χ1v) is 4.79. The first-order valence-electron chi connectivity index (χ1n) is 4.42. The Morgan fingerprint density at radius 3 is 2.53 bits per heavy atom. The fraction of sp³-hybridized carbons (Fsp3) is 0. The summed E-state index contributed by atoms with van der Waals surface area (Å²) in [6.07, 6.45) is 1.62. The molecule has 1 aromatic heterocycles. The van der Waals surface area contributed by atoms with Crippen LogP contribution in [0, 0.1) is 0 Å². The monoisotopic (exact) mass is 220 g/mol. The largest absolute Gasteiger partial charge is 0.339 e. The molecule has 2 aromatic rings. The van der Waals surface area contributed by atoms with Crippen LogP contribution >= 0.6 is 11.6 Å². The molecule has 0 aliphatic heterocycles. The molecule has 0 atom stereocenters. The van der Waals surface area contributed by atoms with Crippen LogP contribution in [0.1, 0.15) is 16.1 Å². The van der Waals surface area contributed by atoms with E-state index in [0.717, 1.165) is 0 Å². The highest BCUT2D eigenvalue weighted by atomic mass is 35.5. The van der Waals surface area contributed by atoms with Gasteiger partial charge in [-0.1, -0.05) is 23.7 Å². The van der Waals surface area contributed by atoms with Crippen LogP contribution in [-0.2, 0) is 0 Å². The third-order valence-corrected chi connectivity index (χ3v) is 2.46. The molecule has 0 aliphatic carbocycles. The molecule has 1 aromatic carbocycles. The molecule has 2 rings (SSSR count). The minimum atomic E-state index is -0.173. The van der Waals surface area contributed by atoms with Crippen molar-refractivity contribution in [3.8, 4) is 0 Å². The van der Waals surface area contributed by atoms with Gasteiger partial charge in [0.05, 0.1) is 5.02 Å². The molecule has 0 unspecified atom stereocenters. The number of ketones is 1. The van der Waals surface area contributed by atoms with Gasteiger partial charge in [-0.2, -0.15) is 0 Å². The van der Waals surface area contributed by atoms with Crippen molar-refractivity contribution >= 4 is 17.4 Å². The van der Waals surface area contributed by atoms with Crippen LogP contribution < -0.4 is 5.84 Å². The summed E-state index contributed by atoms with van der Waals surface area (Å²) >= 11 is 5.92. The second-order valence-corrected chi connectivity index (χ2v) is 3.52. The van der Waals surface area contributed by atoms with Crippen molar-refractivity contribution in [2.24, 2.45) is 0 Å². The highest BCUT2D eigenvalue weighted by Gasteiger charge is 2.14. The number of carbonyl (C=O) groups excluding carboxylic acids is 1. The minimum absolute atomic E-state index is 0.173. The molecule has 0 saturated carbocycles. The Balaban J connectivity index is 2.46. The van der Waals surface area contributed by atoms with Gasteiger partial charge in [-0.15, -0.1) is 0 Å². The van der Waals surface area contributed by atoms with E-state index in [9.17, 15) is 4.79 Å². The molecule has 0 radical (unpaired) electrons. The van der Waals surface area contributed by atoms with Gasteiger partial charge in [-0.25, -0.2) is 0 Å². The van der Waals surface area contributed by atoms with E-state index in [0.29, 0.717) is 16.3 Å². The zero-order valence-corrected chi connectivity index (χ0v) is 8.61. The van der Waals surface area contributed by atoms with E-state index >= 15 is 0 Å². The molecular weight excluding hydrogens is 212 g/mol. The van der Waals surface area contributed by atoms with E-state index in [1.54, 1.807) is 42.6 Å². The smallest absolute Gasteiger partial charge is 0.212 e. The van der Waals surface area contributed by atoms with Gasteiger partial charge in [-0.3, -0.25) is 9.47 Å². The van der Waals surface area contributed by atoms with Gasteiger partial charge >= 0.3 is 0 Å². The van der Waals surface area contributed by atoms with Crippen LogP contribution in [-0.4, -0.2) is 10.5 Å². The molecule has 0 saturated heterocycles. The van der Waals surface area contributed by atoms with Crippen molar-refractivity contribution in [3.05, 3.63) is 58.9 Å². The highest BCUT2D eigenvalue weighted by Crippen LogP contribution is 2.18. The molecule has 15 heavy (non-hydrogen) atoms. The molecule has 0 fully saturated rings. The molecule has 0 spiro atoms. The molecule has 1 heterocycles. The van der Waals surface area contributed by atoms with Crippen molar-refractivity contribution < 1.29 is 4.79 Å². The van der Waals surface area contributed by atoms with E-state index < -0.39 is 0 Å². The maximum atomic E-state index is 12.0. The Bertz CT molecular complexity index is 505. The maximum absolute atomic E-state index is 12.0. The predicted octanol–water partition coefficient (Wildman–Crippen LogP) is 2.09. The lowest BCUT2D eigenvalue weighted by Gasteiger charge is -2.03. The van der Waals surface area contributed by atoms with Crippen molar-refractivity contribution in [1.82, 2.24) is 4.68 Å². The Labute approximate surface area is 92.0 Å². The van der Waals surface area contributed by atoms with E-state index in [4.69, 9.17) is 17.4 Å². The van der Waals surface area contributed by atoms with Gasteiger partial charge < -0.3 is 5.84 Å². The lowest BCUT2D eigenvalue weighted by atomic mass is 10.1. The number of rotatable bonds is 2. The number of nitrogens with zero attached hydrogens (tertiary/aromatic N) is 1. The van der Waals surface area contributed by atoms with Crippen LogP contribution in [0.2, 0.25) is 5.02 Å². The fourth-order valence-corrected chi connectivity index (χ4v) is 1.59. The zero-order valence-electron chi connectivity index (χ0n) is 7.85. The lowest BCUT2D eigenvalue weighted by molar-refractivity contribution is 0.103. The van der Waals surface area contributed by atoms with Gasteiger partial charge in [0.25, 0.3) is 0 Å². The number of hydrogen-bond acceptors (Lipinski definition) is 2. The predicted molar refractivity (Wildman–Crippen MR) is 59.5 cm³/mol. The van der Waals surface area contributed by atoms with Crippen molar-refractivity contribution in [2.75, 3.05) is 5.84 Å². The number of aromatic nitrogens is 1. The third kappa shape index (κ3) is 1.74. The molecule has 0 amide bonds. The Hall–Kier alpha value is -1.74. The van der Waals surface area contributed by atoms with Gasteiger partial charge in [0, 0.05) is 11.8 Å². The second kappa shape index (κ2) is 3.79. The Kier molecular flexibility index (Phi) is 2.47. The van der Waals surface area contributed by atoms with Crippen molar-refractivity contribution in [1.29, 1.82) is 0 Å². The van der Waals surface area contributed by atoms with Crippen LogP contribution in [0.3, 0.4) is 0 Å². The number of nitrogen functional groups attached to an aromatic ring is 1. The molecule has 4 heteroatoms. The Morgan fingerprint density at radius 2 is 1.93 bits per heavy atom. The van der Waals surface area contributed by atoms with Gasteiger partial charge in [0.2, 0.25) is 5.78 Å². The average molecular weight is 221 g/mol. The first-order chi connectivity index (χ1) is 7.20. The molecule has 2 N–H and O–H groups in total. The van der Waals surface area contributed by atoms with E-state index in [1.165, 1.54) is 4.68 Å². The SMILES string of the molecule is Nn1cccc1C(=O)c1ccccc1Cl. The summed E-state index contributed by atoms with van der Waals surface area (Å²) in [5, 5.41) is 0.434. The van der Waals surface area contributed by atoms with Crippen LogP contribution in [0.4, 0.5) is 0 Å². The molecule has 76 valence electrons. The number of carbonyl (C=O) groups is 1. The minimum Gasteiger partial charge on any atom is -0.339 e. The third-order valence-electron chi connectivity index (χ3n) is 2.13. The number of halogens is 1. The lowest BCUT2D eigenvalue weighted by Crippen LogP contribution is -2.16. The van der Waals surface area contributed by atoms with E-state index in [1.807, 2.05) is 0 Å². The number of benzene rings is 1. The van der Waals surface area contributed by atoms with Gasteiger partial charge in [0.1, 0.15) is 5.69 Å². The zero-order chi connectivity index (χ0) is 10.8. The first kappa shape index (κ1) is 9.80. The summed E-state index contributed by atoms with van der Waals surface area (Å²) in [4.78, 5) is 12.0. The van der Waals surface area contributed by atoms with E-state index in [2.05, 4.69) is 0 Å². The summed E-state index contributed by atoms with van der Waals surface area (Å²) in [7, 11) is 0. The summed E-state index contributed by atoms with van der Waals surface area (Å²) in [6.45, 7) is 0. The van der Waals surface area contributed by atoms with Crippen LogP contribution in [0.15, 0.2) is 42.6 Å². The fourth-order valence-electron chi connectivity index (χ4n) is 1.37. The molecular formula is C11H9ClN2O. The van der Waals surface area contributed by atoms with Crippen LogP contribution in [0.25, 0.3) is 0 Å². The summed E-state index contributed by atoms with van der Waals surface area (Å²) in [6, 6.07) is 10.3. The quantitative estimate of drug-likeness (QED) is 0.622. The summed E-state index contributed by atoms with van der Waals surface area (Å²) < 4.78 is 1.28. The second-order valence-electron chi connectivity index (χ2n) is 3.11. The Morgan fingerprint density at radius 1 is 1.20 bits per heavy atom. The molecule has 0 bridgehead atoms. The van der Waals surface area contributed by atoms with Gasteiger partial charge in [0.15, 0.2) is 0 Å². The maximum Gasteiger partial charge on any atom is 0.212 e. The average Bonchev–Trinajstić information content (AvgIpc) is 2.64.